The predicted molar refractivity (Wildman–Crippen MR) is 111 cm³/mol. The maximum absolute atomic E-state index is 13.1. The van der Waals surface area contributed by atoms with Crippen molar-refractivity contribution in [3.05, 3.63) is 83.3 Å². The first-order chi connectivity index (χ1) is 14.5. The van der Waals surface area contributed by atoms with Crippen LogP contribution in [0, 0.1) is 5.82 Å². The molecule has 4 N–H and O–H groups in total. The van der Waals surface area contributed by atoms with Gasteiger partial charge in [0.15, 0.2) is 0 Å². The second-order valence-electron chi connectivity index (χ2n) is 7.04. The number of nitrogens with zero attached hydrogens (tertiary/aromatic N) is 1. The number of carboxylic acid groups (broad SMARTS) is 1. The molecule has 0 aliphatic heterocycles. The summed E-state index contributed by atoms with van der Waals surface area (Å²) in [6.07, 6.45) is 0.206. The van der Waals surface area contributed by atoms with Gasteiger partial charge >= 0.3 is 6.09 Å². The number of aromatic nitrogens is 1. The summed E-state index contributed by atoms with van der Waals surface area (Å²) in [5, 5.41) is 17.2. The summed E-state index contributed by atoms with van der Waals surface area (Å²) in [6, 6.07) is 16.4. The highest BCUT2D eigenvalue weighted by molar-refractivity contribution is 5.95. The Kier molecular flexibility index (Phi) is 5.30. The van der Waals surface area contributed by atoms with Gasteiger partial charge in [0.2, 0.25) is 0 Å². The van der Waals surface area contributed by atoms with Crippen molar-refractivity contribution in [1.82, 2.24) is 10.3 Å². The number of hydrogen-bond acceptors (Lipinski definition) is 4. The molecule has 0 fully saturated rings. The molecule has 2 amide bonds. The average molecular weight is 406 g/mol. The van der Waals surface area contributed by atoms with Crippen LogP contribution >= 0.6 is 0 Å². The van der Waals surface area contributed by atoms with E-state index in [4.69, 9.17) is 5.11 Å². The second-order valence-corrected chi connectivity index (χ2v) is 7.04. The van der Waals surface area contributed by atoms with Gasteiger partial charge in [0.25, 0.3) is 5.91 Å². The molecule has 2 aromatic carbocycles. The zero-order valence-corrected chi connectivity index (χ0v) is 15.9. The van der Waals surface area contributed by atoms with Gasteiger partial charge in [0.1, 0.15) is 17.3 Å². The van der Waals surface area contributed by atoms with Crippen molar-refractivity contribution >= 4 is 29.2 Å². The lowest BCUT2D eigenvalue weighted by Gasteiger charge is -2.14. The van der Waals surface area contributed by atoms with Crippen molar-refractivity contribution < 1.29 is 19.1 Å². The molecule has 1 aromatic heterocycles. The maximum atomic E-state index is 13.1. The first kappa shape index (κ1) is 19.4. The van der Waals surface area contributed by atoms with E-state index in [-0.39, 0.29) is 29.1 Å². The zero-order chi connectivity index (χ0) is 21.1. The summed E-state index contributed by atoms with van der Waals surface area (Å²) in [4.78, 5) is 28.2. The Balaban J connectivity index is 1.54. The molecular weight excluding hydrogens is 387 g/mol. The van der Waals surface area contributed by atoms with E-state index in [9.17, 15) is 14.0 Å². The van der Waals surface area contributed by atoms with Gasteiger partial charge in [-0.25, -0.2) is 14.2 Å². The normalized spacial score (nSPS) is 12.8. The molecule has 0 saturated carbocycles. The molecule has 1 aliphatic carbocycles. The number of nitrogens with one attached hydrogen (secondary N) is 3. The van der Waals surface area contributed by atoms with Crippen LogP contribution in [0.1, 0.15) is 21.6 Å². The van der Waals surface area contributed by atoms with Gasteiger partial charge in [0.05, 0.1) is 5.69 Å². The summed E-state index contributed by atoms with van der Waals surface area (Å²) in [5.41, 5.74) is 3.23. The van der Waals surface area contributed by atoms with Crippen LogP contribution in [0.4, 0.5) is 26.4 Å². The Bertz CT molecular complexity index is 1080. The van der Waals surface area contributed by atoms with Crippen LogP contribution in [0.25, 0.3) is 0 Å². The van der Waals surface area contributed by atoms with E-state index in [0.717, 1.165) is 12.8 Å². The molecule has 1 aliphatic rings. The quantitative estimate of drug-likeness (QED) is 0.514. The molecule has 1 heterocycles. The SMILES string of the molecule is O=C(O)Nc1cc(Nc2ccc(F)cc2)nc(C(=O)NC2Cc3ccccc3C2)c1. The molecule has 30 heavy (non-hydrogen) atoms. The molecule has 0 saturated heterocycles. The molecule has 0 bridgehead atoms. The second kappa shape index (κ2) is 8.20. The molecule has 0 unspecified atom stereocenters. The van der Waals surface area contributed by atoms with Gasteiger partial charge in [0, 0.05) is 17.8 Å². The van der Waals surface area contributed by atoms with Crippen molar-refractivity contribution in [2.45, 2.75) is 18.9 Å². The number of fused-ring (bicyclic) bond motifs is 1. The maximum Gasteiger partial charge on any atom is 0.409 e. The summed E-state index contributed by atoms with van der Waals surface area (Å²) in [6.45, 7) is 0. The fourth-order valence-corrected chi connectivity index (χ4v) is 3.51. The smallest absolute Gasteiger partial charge is 0.409 e. The van der Waals surface area contributed by atoms with Crippen LogP contribution in [-0.4, -0.2) is 28.1 Å². The van der Waals surface area contributed by atoms with Gasteiger partial charge in [-0.1, -0.05) is 24.3 Å². The summed E-state index contributed by atoms with van der Waals surface area (Å²) in [5.74, 6) is -0.524. The first-order valence-corrected chi connectivity index (χ1v) is 9.38. The highest BCUT2D eigenvalue weighted by Gasteiger charge is 2.23. The first-order valence-electron chi connectivity index (χ1n) is 9.38. The van der Waals surface area contributed by atoms with Crippen LogP contribution in [0.5, 0.6) is 0 Å². The lowest BCUT2D eigenvalue weighted by Crippen LogP contribution is -2.35. The van der Waals surface area contributed by atoms with Gasteiger partial charge in [-0.2, -0.15) is 0 Å². The van der Waals surface area contributed by atoms with Gasteiger partial charge in [-0.15, -0.1) is 0 Å². The Morgan fingerprint density at radius 1 is 0.967 bits per heavy atom. The summed E-state index contributed by atoms with van der Waals surface area (Å²) < 4.78 is 13.1. The van der Waals surface area contributed by atoms with Crippen molar-refractivity contribution in [2.75, 3.05) is 10.6 Å². The van der Waals surface area contributed by atoms with E-state index in [1.807, 2.05) is 24.3 Å². The van der Waals surface area contributed by atoms with Crippen LogP contribution in [-0.2, 0) is 12.8 Å². The fraction of sp³-hybridized carbons (Fsp3) is 0.136. The standard InChI is InChI=1S/C22H19FN4O3/c23-15-5-7-16(8-6-15)24-20-12-18(26-22(29)30)11-19(27-20)21(28)25-17-9-13-3-1-2-4-14(13)10-17/h1-8,11-12,17H,9-10H2,(H,25,28)(H,29,30)(H2,24,26,27). The third-order valence-corrected chi connectivity index (χ3v) is 4.81. The minimum absolute atomic E-state index is 0.0544. The number of carbonyl (C=O) groups excluding carboxylic acids is 1. The monoisotopic (exact) mass is 406 g/mol. The zero-order valence-electron chi connectivity index (χ0n) is 15.9. The Morgan fingerprint density at radius 3 is 2.27 bits per heavy atom. The lowest BCUT2D eigenvalue weighted by molar-refractivity contribution is 0.0933. The van der Waals surface area contributed by atoms with E-state index >= 15 is 0 Å². The van der Waals surface area contributed by atoms with Crippen LogP contribution < -0.4 is 16.0 Å². The largest absolute Gasteiger partial charge is 0.465 e. The highest BCUT2D eigenvalue weighted by atomic mass is 19.1. The average Bonchev–Trinajstić information content (AvgIpc) is 3.11. The predicted octanol–water partition coefficient (Wildman–Crippen LogP) is 3.95. The molecule has 4 rings (SSSR count). The third kappa shape index (κ3) is 4.54. The molecule has 7 nitrogen and oxygen atoms in total. The minimum atomic E-state index is -1.26. The number of benzene rings is 2. The topological polar surface area (TPSA) is 103 Å². The van der Waals surface area contributed by atoms with Crippen molar-refractivity contribution in [1.29, 1.82) is 0 Å². The van der Waals surface area contributed by atoms with E-state index in [2.05, 4.69) is 20.9 Å². The third-order valence-electron chi connectivity index (χ3n) is 4.81. The van der Waals surface area contributed by atoms with Crippen molar-refractivity contribution in [3.8, 4) is 0 Å². The number of halogens is 1. The van der Waals surface area contributed by atoms with Gasteiger partial charge in [-0.3, -0.25) is 10.1 Å². The van der Waals surface area contributed by atoms with E-state index in [0.29, 0.717) is 5.69 Å². The number of pyridine rings is 1. The fourth-order valence-electron chi connectivity index (χ4n) is 3.51. The number of hydrogen-bond donors (Lipinski definition) is 4. The van der Waals surface area contributed by atoms with E-state index < -0.39 is 12.0 Å². The number of amides is 2. The van der Waals surface area contributed by atoms with Crippen LogP contribution in [0.15, 0.2) is 60.7 Å². The molecule has 0 atom stereocenters. The van der Waals surface area contributed by atoms with Gasteiger partial charge < -0.3 is 15.7 Å². The molecule has 3 aromatic rings. The molecule has 8 heteroatoms. The summed E-state index contributed by atoms with van der Waals surface area (Å²) >= 11 is 0. The molecular formula is C22H19FN4O3. The Hall–Kier alpha value is -3.94. The van der Waals surface area contributed by atoms with Crippen molar-refractivity contribution in [3.63, 3.8) is 0 Å². The number of rotatable bonds is 5. The highest BCUT2D eigenvalue weighted by Crippen LogP contribution is 2.23. The lowest BCUT2D eigenvalue weighted by atomic mass is 10.1. The Labute approximate surface area is 172 Å². The molecule has 152 valence electrons. The van der Waals surface area contributed by atoms with Crippen LogP contribution in [0.3, 0.4) is 0 Å². The minimum Gasteiger partial charge on any atom is -0.465 e. The summed E-state index contributed by atoms with van der Waals surface area (Å²) in [7, 11) is 0. The molecule has 0 spiro atoms. The van der Waals surface area contributed by atoms with E-state index in [1.54, 1.807) is 0 Å². The van der Waals surface area contributed by atoms with Crippen molar-refractivity contribution in [2.24, 2.45) is 0 Å². The Morgan fingerprint density at radius 2 is 1.63 bits per heavy atom. The number of anilines is 3. The van der Waals surface area contributed by atoms with Gasteiger partial charge in [-0.05, 0) is 54.3 Å². The van der Waals surface area contributed by atoms with E-state index in [1.165, 1.54) is 47.5 Å². The van der Waals surface area contributed by atoms with Crippen LogP contribution in [0.2, 0.25) is 0 Å². The molecule has 0 radical (unpaired) electrons. The number of carbonyl (C=O) groups is 2.